The monoisotopic (exact) mass is 268 g/mol. The van der Waals surface area contributed by atoms with Crippen LogP contribution >= 0.6 is 43.6 Å². The van der Waals surface area contributed by atoms with E-state index in [0.717, 1.165) is 4.91 Å². The van der Waals surface area contributed by atoms with Gasteiger partial charge in [0.25, 0.3) is 0 Å². The number of allylic oxidation sites excluding steroid dienone is 1. The second-order valence-electron chi connectivity index (χ2n) is 1.39. The summed E-state index contributed by atoms with van der Waals surface area (Å²) in [5.41, 5.74) is 0. The van der Waals surface area contributed by atoms with Gasteiger partial charge >= 0.3 is 0 Å². The second-order valence-corrected chi connectivity index (χ2v) is 3.75. The molecule has 0 bridgehead atoms. The lowest BCUT2D eigenvalue weighted by Crippen LogP contribution is -1.79. The Bertz CT molecular complexity index is 207. The van der Waals surface area contributed by atoms with Gasteiger partial charge in [0.15, 0.2) is 0 Å². The minimum absolute atomic E-state index is 0.0701. The van der Waals surface area contributed by atoms with Crippen molar-refractivity contribution in [3.63, 3.8) is 0 Å². The van der Waals surface area contributed by atoms with Crippen LogP contribution in [0.25, 0.3) is 0 Å². The Morgan fingerprint density at radius 1 is 1.67 bits per heavy atom. The zero-order valence-electron chi connectivity index (χ0n) is 4.23. The van der Waals surface area contributed by atoms with Crippen LogP contribution in [0.4, 0.5) is 0 Å². The van der Waals surface area contributed by atoms with E-state index < -0.39 is 0 Å². The fourth-order valence-electron chi connectivity index (χ4n) is 0.423. The maximum Gasteiger partial charge on any atom is 0.231 e. The summed E-state index contributed by atoms with van der Waals surface area (Å²) in [4.78, 5) is 13.4. The van der Waals surface area contributed by atoms with Crippen LogP contribution in [-0.4, -0.2) is 5.12 Å². The number of rotatable bonds is 0. The molecule has 4 heteroatoms. The van der Waals surface area contributed by atoms with Gasteiger partial charge in [0.1, 0.15) is 0 Å². The summed E-state index contributed by atoms with van der Waals surface area (Å²) in [5, 5.41) is 0.0701. The number of carbonyl (C=O) groups is 1. The number of halogens is 2. The van der Waals surface area contributed by atoms with Gasteiger partial charge < -0.3 is 0 Å². The SMILES string of the molecule is O=C1S/C(=C\Br)C=C1Br. The van der Waals surface area contributed by atoms with Crippen LogP contribution in [0, 0.1) is 0 Å². The molecule has 1 aliphatic heterocycles. The van der Waals surface area contributed by atoms with Crippen molar-refractivity contribution in [3.05, 3.63) is 20.4 Å². The topological polar surface area (TPSA) is 17.1 Å². The van der Waals surface area contributed by atoms with Crippen molar-refractivity contribution < 1.29 is 4.79 Å². The van der Waals surface area contributed by atoms with Gasteiger partial charge in [0, 0.05) is 4.91 Å². The first-order chi connectivity index (χ1) is 4.24. The van der Waals surface area contributed by atoms with Crippen LogP contribution in [0.2, 0.25) is 0 Å². The lowest BCUT2D eigenvalue weighted by atomic mass is 10.5. The number of carbonyl (C=O) groups excluding carboxylic acids is 1. The highest BCUT2D eigenvalue weighted by Crippen LogP contribution is 2.33. The minimum atomic E-state index is 0.0701. The molecule has 1 heterocycles. The Labute approximate surface area is 73.8 Å². The molecule has 0 spiro atoms. The van der Waals surface area contributed by atoms with Crippen LogP contribution in [0.15, 0.2) is 20.4 Å². The van der Waals surface area contributed by atoms with Crippen LogP contribution in [0.3, 0.4) is 0 Å². The molecule has 1 aliphatic rings. The van der Waals surface area contributed by atoms with E-state index in [4.69, 9.17) is 0 Å². The van der Waals surface area contributed by atoms with Crippen molar-refractivity contribution in [2.45, 2.75) is 0 Å². The molecule has 0 amide bonds. The first kappa shape index (κ1) is 7.57. The van der Waals surface area contributed by atoms with Gasteiger partial charge in [-0.3, -0.25) is 4.79 Å². The van der Waals surface area contributed by atoms with Crippen molar-refractivity contribution >= 4 is 48.7 Å². The third kappa shape index (κ3) is 1.69. The zero-order valence-corrected chi connectivity index (χ0v) is 8.22. The highest BCUT2D eigenvalue weighted by atomic mass is 79.9. The first-order valence-corrected chi connectivity index (χ1v) is 4.66. The molecule has 0 N–H and O–H groups in total. The first-order valence-electron chi connectivity index (χ1n) is 2.14. The van der Waals surface area contributed by atoms with Crippen LogP contribution < -0.4 is 0 Å². The van der Waals surface area contributed by atoms with Crippen LogP contribution in [-0.2, 0) is 4.79 Å². The molecule has 0 atom stereocenters. The smallest absolute Gasteiger partial charge is 0.231 e. The molecular formula is C5H2Br2OS. The summed E-state index contributed by atoms with van der Waals surface area (Å²) < 4.78 is 0.637. The standard InChI is InChI=1S/C5H2Br2OS/c6-2-3-1-4(7)5(8)9-3/h1-2H/b3-2-. The molecule has 9 heavy (non-hydrogen) atoms. The molecule has 0 radical (unpaired) electrons. The molecule has 48 valence electrons. The third-order valence-electron chi connectivity index (χ3n) is 0.782. The van der Waals surface area contributed by atoms with E-state index in [0.29, 0.717) is 4.48 Å². The van der Waals surface area contributed by atoms with Gasteiger partial charge in [-0.15, -0.1) is 0 Å². The summed E-state index contributed by atoms with van der Waals surface area (Å²) >= 11 is 7.45. The molecule has 0 fully saturated rings. The second kappa shape index (κ2) is 3.03. The van der Waals surface area contributed by atoms with Crippen LogP contribution in [0.1, 0.15) is 0 Å². The predicted molar refractivity (Wildman–Crippen MR) is 46.6 cm³/mol. The van der Waals surface area contributed by atoms with E-state index in [9.17, 15) is 4.79 Å². The Morgan fingerprint density at radius 2 is 2.33 bits per heavy atom. The fourth-order valence-corrected chi connectivity index (χ4v) is 2.07. The molecule has 0 unspecified atom stereocenters. The van der Waals surface area contributed by atoms with Crippen molar-refractivity contribution in [2.24, 2.45) is 0 Å². The van der Waals surface area contributed by atoms with Gasteiger partial charge in [-0.2, -0.15) is 0 Å². The maximum atomic E-state index is 10.7. The quantitative estimate of drug-likeness (QED) is 0.673. The normalized spacial score (nSPS) is 23.1. The van der Waals surface area contributed by atoms with Crippen molar-refractivity contribution in [1.29, 1.82) is 0 Å². The highest BCUT2D eigenvalue weighted by Gasteiger charge is 2.16. The minimum Gasteiger partial charge on any atom is -0.281 e. The fraction of sp³-hybridized carbons (Fsp3) is 0. The van der Waals surface area contributed by atoms with E-state index in [1.165, 1.54) is 11.8 Å². The molecule has 0 aromatic heterocycles. The van der Waals surface area contributed by atoms with Gasteiger partial charge in [-0.1, -0.05) is 15.9 Å². The van der Waals surface area contributed by atoms with E-state index in [2.05, 4.69) is 31.9 Å². The predicted octanol–water partition coefficient (Wildman–Crippen LogP) is 2.77. The summed E-state index contributed by atoms with van der Waals surface area (Å²) in [7, 11) is 0. The summed E-state index contributed by atoms with van der Waals surface area (Å²) in [6.07, 6.45) is 1.78. The van der Waals surface area contributed by atoms with Crippen LogP contribution in [0.5, 0.6) is 0 Å². The summed E-state index contributed by atoms with van der Waals surface area (Å²) in [6.45, 7) is 0. The van der Waals surface area contributed by atoms with Crippen molar-refractivity contribution in [2.75, 3.05) is 0 Å². The van der Waals surface area contributed by atoms with Gasteiger partial charge in [0.2, 0.25) is 5.12 Å². The van der Waals surface area contributed by atoms with Crippen molar-refractivity contribution in [3.8, 4) is 0 Å². The number of hydrogen-bond donors (Lipinski definition) is 0. The number of hydrogen-bond acceptors (Lipinski definition) is 2. The highest BCUT2D eigenvalue weighted by molar-refractivity contribution is 9.12. The third-order valence-corrected chi connectivity index (χ3v) is 3.31. The largest absolute Gasteiger partial charge is 0.281 e. The Balaban J connectivity index is 2.86. The molecule has 0 aliphatic carbocycles. The van der Waals surface area contributed by atoms with E-state index in [-0.39, 0.29) is 5.12 Å². The Kier molecular flexibility index (Phi) is 2.55. The number of thioether (sulfide) groups is 1. The van der Waals surface area contributed by atoms with E-state index in [1.807, 2.05) is 0 Å². The maximum absolute atomic E-state index is 10.7. The van der Waals surface area contributed by atoms with E-state index >= 15 is 0 Å². The molecule has 0 aromatic carbocycles. The summed E-state index contributed by atoms with van der Waals surface area (Å²) in [6, 6.07) is 0. The van der Waals surface area contributed by atoms with Gasteiger partial charge in [-0.25, -0.2) is 0 Å². The molecule has 0 aromatic rings. The molecule has 0 saturated heterocycles. The van der Waals surface area contributed by atoms with E-state index in [1.54, 1.807) is 11.1 Å². The lowest BCUT2D eigenvalue weighted by Gasteiger charge is -1.82. The van der Waals surface area contributed by atoms with Gasteiger partial charge in [0.05, 0.1) is 4.48 Å². The molecular weight excluding hydrogens is 268 g/mol. The van der Waals surface area contributed by atoms with Crippen molar-refractivity contribution in [1.82, 2.24) is 0 Å². The summed E-state index contributed by atoms with van der Waals surface area (Å²) in [5.74, 6) is 0. The molecule has 1 rings (SSSR count). The van der Waals surface area contributed by atoms with Gasteiger partial charge in [-0.05, 0) is 38.8 Å². The molecule has 1 nitrogen and oxygen atoms in total. The lowest BCUT2D eigenvalue weighted by molar-refractivity contribution is -0.107. The Morgan fingerprint density at radius 3 is 2.56 bits per heavy atom. The average Bonchev–Trinajstić information content (AvgIpc) is 2.13. The zero-order chi connectivity index (χ0) is 6.85. The molecule has 0 saturated carbocycles. The average molecular weight is 270 g/mol. The Hall–Kier alpha value is 0.460.